The van der Waals surface area contributed by atoms with Gasteiger partial charge in [-0.25, -0.2) is 13.8 Å². The molecule has 0 spiro atoms. The fraction of sp³-hybridized carbons (Fsp3) is 0.700. The summed E-state index contributed by atoms with van der Waals surface area (Å²) in [6, 6.07) is 0. The van der Waals surface area contributed by atoms with E-state index in [2.05, 4.69) is 10.3 Å². The molecule has 0 bridgehead atoms. The number of hydrogen-bond acceptors (Lipinski definition) is 3. The van der Waals surface area contributed by atoms with Gasteiger partial charge in [0.05, 0.1) is 9.88 Å². The molecule has 2 heterocycles. The fourth-order valence-corrected chi connectivity index (χ4v) is 2.74. The maximum Gasteiger partial charge on any atom is 0.274 e. The predicted octanol–water partition coefficient (Wildman–Crippen LogP) is 2.62. The van der Waals surface area contributed by atoms with Crippen molar-refractivity contribution in [3.05, 3.63) is 16.1 Å². The minimum absolute atomic E-state index is 0.0962. The SMILES string of the molecule is FC(F)c1cnc(CC2CCNCC2)s1. The van der Waals surface area contributed by atoms with E-state index >= 15 is 0 Å². The molecule has 0 radical (unpaired) electrons. The van der Waals surface area contributed by atoms with Gasteiger partial charge in [0.15, 0.2) is 0 Å². The van der Waals surface area contributed by atoms with Crippen LogP contribution in [0.25, 0.3) is 0 Å². The molecule has 0 atom stereocenters. The minimum atomic E-state index is -2.37. The molecule has 0 unspecified atom stereocenters. The molecule has 1 N–H and O–H groups in total. The van der Waals surface area contributed by atoms with E-state index in [1.807, 2.05) is 0 Å². The molecule has 1 aliphatic heterocycles. The largest absolute Gasteiger partial charge is 0.317 e. The van der Waals surface area contributed by atoms with Gasteiger partial charge in [0.25, 0.3) is 6.43 Å². The van der Waals surface area contributed by atoms with Crippen molar-refractivity contribution in [3.8, 4) is 0 Å². The quantitative estimate of drug-likeness (QED) is 0.866. The first kappa shape index (κ1) is 11.0. The lowest BCUT2D eigenvalue weighted by Gasteiger charge is -2.21. The van der Waals surface area contributed by atoms with E-state index in [0.717, 1.165) is 48.7 Å². The van der Waals surface area contributed by atoms with Crippen LogP contribution in [0.2, 0.25) is 0 Å². The van der Waals surface area contributed by atoms with E-state index in [9.17, 15) is 8.78 Å². The average Bonchev–Trinajstić information content (AvgIpc) is 2.68. The summed E-state index contributed by atoms with van der Waals surface area (Å²) < 4.78 is 24.6. The summed E-state index contributed by atoms with van der Waals surface area (Å²) >= 11 is 1.15. The molecule has 2 rings (SSSR count). The van der Waals surface area contributed by atoms with Gasteiger partial charge in [-0.2, -0.15) is 0 Å². The second-order valence-electron chi connectivity index (χ2n) is 3.85. The molecule has 1 fully saturated rings. The molecule has 5 heteroatoms. The van der Waals surface area contributed by atoms with Crippen LogP contribution in [0.1, 0.15) is 29.2 Å². The first-order chi connectivity index (χ1) is 7.25. The van der Waals surface area contributed by atoms with Gasteiger partial charge in [-0.05, 0) is 31.8 Å². The molecule has 1 saturated heterocycles. The molecule has 2 nitrogen and oxygen atoms in total. The Bertz CT molecular complexity index is 308. The van der Waals surface area contributed by atoms with Crippen LogP contribution in [0.3, 0.4) is 0 Å². The second-order valence-corrected chi connectivity index (χ2v) is 5.00. The summed E-state index contributed by atoms with van der Waals surface area (Å²) in [6.07, 6.45) is 2.06. The third-order valence-corrected chi connectivity index (χ3v) is 3.74. The van der Waals surface area contributed by atoms with E-state index in [0.29, 0.717) is 5.92 Å². The Hall–Kier alpha value is -0.550. The van der Waals surface area contributed by atoms with Crippen LogP contribution >= 0.6 is 11.3 Å². The van der Waals surface area contributed by atoms with Crippen LogP contribution < -0.4 is 5.32 Å². The zero-order valence-corrected chi connectivity index (χ0v) is 9.20. The van der Waals surface area contributed by atoms with E-state index in [-0.39, 0.29) is 4.88 Å². The zero-order valence-electron chi connectivity index (χ0n) is 8.38. The summed E-state index contributed by atoms with van der Waals surface area (Å²) in [6.45, 7) is 2.08. The number of aromatic nitrogens is 1. The molecule has 0 saturated carbocycles. The maximum atomic E-state index is 12.3. The van der Waals surface area contributed by atoms with Crippen molar-refractivity contribution < 1.29 is 8.78 Å². The van der Waals surface area contributed by atoms with E-state index in [1.165, 1.54) is 6.20 Å². The molecular formula is C10H14F2N2S. The van der Waals surface area contributed by atoms with Crippen LogP contribution in [0.4, 0.5) is 8.78 Å². The van der Waals surface area contributed by atoms with Gasteiger partial charge in [-0.3, -0.25) is 0 Å². The van der Waals surface area contributed by atoms with E-state index in [1.54, 1.807) is 0 Å². The lowest BCUT2D eigenvalue weighted by molar-refractivity contribution is 0.155. The number of nitrogens with zero attached hydrogens (tertiary/aromatic N) is 1. The predicted molar refractivity (Wildman–Crippen MR) is 56.4 cm³/mol. The van der Waals surface area contributed by atoms with Crippen molar-refractivity contribution in [2.45, 2.75) is 25.7 Å². The molecular weight excluding hydrogens is 218 g/mol. The highest BCUT2D eigenvalue weighted by atomic mass is 32.1. The monoisotopic (exact) mass is 232 g/mol. The minimum Gasteiger partial charge on any atom is -0.317 e. The van der Waals surface area contributed by atoms with Crippen molar-refractivity contribution in [2.75, 3.05) is 13.1 Å². The molecule has 84 valence electrons. The third-order valence-electron chi connectivity index (χ3n) is 2.71. The summed E-state index contributed by atoms with van der Waals surface area (Å²) in [5, 5.41) is 4.15. The van der Waals surface area contributed by atoms with Gasteiger partial charge in [-0.15, -0.1) is 11.3 Å². The Morgan fingerprint density at radius 2 is 2.20 bits per heavy atom. The highest BCUT2D eigenvalue weighted by Crippen LogP contribution is 2.27. The summed E-state index contributed by atoms with van der Waals surface area (Å²) in [5.41, 5.74) is 0. The number of thiazole rings is 1. The third kappa shape index (κ3) is 2.95. The maximum absolute atomic E-state index is 12.3. The Morgan fingerprint density at radius 1 is 1.47 bits per heavy atom. The molecule has 15 heavy (non-hydrogen) atoms. The number of piperidine rings is 1. The standard InChI is InChI=1S/C10H14F2N2S/c11-10(12)8-6-14-9(15-8)5-7-1-3-13-4-2-7/h6-7,10,13H,1-5H2. The topological polar surface area (TPSA) is 24.9 Å². The Kier molecular flexibility index (Phi) is 3.64. The lowest BCUT2D eigenvalue weighted by atomic mass is 9.95. The van der Waals surface area contributed by atoms with E-state index < -0.39 is 6.43 Å². The summed E-state index contributed by atoms with van der Waals surface area (Å²) in [5.74, 6) is 0.614. The Morgan fingerprint density at radius 3 is 2.80 bits per heavy atom. The van der Waals surface area contributed by atoms with Crippen molar-refractivity contribution in [3.63, 3.8) is 0 Å². The number of rotatable bonds is 3. The van der Waals surface area contributed by atoms with Crippen LogP contribution in [0.5, 0.6) is 0 Å². The van der Waals surface area contributed by atoms with E-state index in [4.69, 9.17) is 0 Å². The number of hydrogen-bond donors (Lipinski definition) is 1. The van der Waals surface area contributed by atoms with Crippen LogP contribution in [-0.4, -0.2) is 18.1 Å². The van der Waals surface area contributed by atoms with Gasteiger partial charge in [0.2, 0.25) is 0 Å². The van der Waals surface area contributed by atoms with Gasteiger partial charge in [-0.1, -0.05) is 0 Å². The molecule has 1 aliphatic rings. The Balaban J connectivity index is 1.91. The first-order valence-corrected chi connectivity index (χ1v) is 6.01. The van der Waals surface area contributed by atoms with Crippen molar-refractivity contribution in [2.24, 2.45) is 5.92 Å². The molecule has 1 aromatic rings. The zero-order chi connectivity index (χ0) is 10.7. The van der Waals surface area contributed by atoms with Crippen LogP contribution in [0.15, 0.2) is 6.20 Å². The molecule has 1 aromatic heterocycles. The van der Waals surface area contributed by atoms with Gasteiger partial charge in [0, 0.05) is 12.6 Å². The summed E-state index contributed by atoms with van der Waals surface area (Å²) in [4.78, 5) is 4.15. The second kappa shape index (κ2) is 4.99. The molecule has 0 aromatic carbocycles. The normalized spacial score (nSPS) is 18.6. The van der Waals surface area contributed by atoms with Crippen molar-refractivity contribution >= 4 is 11.3 Å². The van der Waals surface area contributed by atoms with Crippen molar-refractivity contribution in [1.82, 2.24) is 10.3 Å². The van der Waals surface area contributed by atoms with Crippen LogP contribution in [-0.2, 0) is 6.42 Å². The number of nitrogens with one attached hydrogen (secondary N) is 1. The van der Waals surface area contributed by atoms with Gasteiger partial charge < -0.3 is 5.32 Å². The number of halogens is 2. The van der Waals surface area contributed by atoms with Gasteiger partial charge in [0.1, 0.15) is 0 Å². The highest BCUT2D eigenvalue weighted by Gasteiger charge is 2.17. The first-order valence-electron chi connectivity index (χ1n) is 5.19. The Labute approximate surface area is 91.7 Å². The fourth-order valence-electron chi connectivity index (χ4n) is 1.85. The van der Waals surface area contributed by atoms with Crippen molar-refractivity contribution in [1.29, 1.82) is 0 Å². The molecule has 0 amide bonds. The number of alkyl halides is 2. The lowest BCUT2D eigenvalue weighted by Crippen LogP contribution is -2.28. The van der Waals surface area contributed by atoms with Crippen LogP contribution in [0, 0.1) is 5.92 Å². The smallest absolute Gasteiger partial charge is 0.274 e. The van der Waals surface area contributed by atoms with Gasteiger partial charge >= 0.3 is 0 Å². The molecule has 0 aliphatic carbocycles. The average molecular weight is 232 g/mol. The highest BCUT2D eigenvalue weighted by molar-refractivity contribution is 7.11. The summed E-state index contributed by atoms with van der Waals surface area (Å²) in [7, 11) is 0.